The second-order valence-corrected chi connectivity index (χ2v) is 7.91. The third-order valence-corrected chi connectivity index (χ3v) is 5.89. The summed E-state index contributed by atoms with van der Waals surface area (Å²) in [5.74, 6) is 1.68. The van der Waals surface area contributed by atoms with Crippen LogP contribution in [0, 0.1) is 11.3 Å². The summed E-state index contributed by atoms with van der Waals surface area (Å²) in [4.78, 5) is 0.365. The van der Waals surface area contributed by atoms with E-state index < -0.39 is 0 Å². The molecule has 1 aliphatic carbocycles. The molecule has 19 heavy (non-hydrogen) atoms. The van der Waals surface area contributed by atoms with Gasteiger partial charge in [-0.1, -0.05) is 52.1 Å². The quantitative estimate of drug-likeness (QED) is 0.564. The van der Waals surface area contributed by atoms with Gasteiger partial charge in [-0.05, 0) is 49.3 Å². The molecule has 2 atom stereocenters. The minimum Gasteiger partial charge on any atom is -0.494 e. The standard InChI is InChI=1S/C16H22Br2O/c1-4-19-14-8-7-11(17)10-12(14)15(18)13-6-5-9-16(13,2)3/h7-8,10,13,15H,4-6,9H2,1-3H3. The summed E-state index contributed by atoms with van der Waals surface area (Å²) in [6.07, 6.45) is 3.94. The van der Waals surface area contributed by atoms with E-state index in [4.69, 9.17) is 4.74 Å². The SMILES string of the molecule is CCOc1ccc(Br)cc1C(Br)C1CCCC1(C)C. The first-order valence-corrected chi connectivity index (χ1v) is 8.73. The molecule has 0 aliphatic heterocycles. The Balaban J connectivity index is 2.32. The monoisotopic (exact) mass is 388 g/mol. The van der Waals surface area contributed by atoms with Crippen molar-refractivity contribution in [2.45, 2.75) is 44.9 Å². The Morgan fingerprint density at radius 1 is 1.42 bits per heavy atom. The van der Waals surface area contributed by atoms with Crippen LogP contribution in [0.3, 0.4) is 0 Å². The van der Waals surface area contributed by atoms with Gasteiger partial charge in [0.1, 0.15) is 5.75 Å². The molecule has 0 heterocycles. The van der Waals surface area contributed by atoms with Gasteiger partial charge in [0.05, 0.1) is 6.61 Å². The van der Waals surface area contributed by atoms with Crippen LogP contribution in [0.4, 0.5) is 0 Å². The fraction of sp³-hybridized carbons (Fsp3) is 0.625. The second kappa shape index (κ2) is 6.17. The van der Waals surface area contributed by atoms with Crippen LogP contribution >= 0.6 is 31.9 Å². The molecule has 0 radical (unpaired) electrons. The molecule has 1 aliphatic rings. The van der Waals surface area contributed by atoms with Crippen LogP contribution in [0.15, 0.2) is 22.7 Å². The lowest BCUT2D eigenvalue weighted by Crippen LogP contribution is -2.21. The fourth-order valence-corrected chi connectivity index (χ4v) is 4.85. The lowest BCUT2D eigenvalue weighted by molar-refractivity contribution is 0.253. The summed E-state index contributed by atoms with van der Waals surface area (Å²) in [6.45, 7) is 7.52. The molecule has 1 aromatic rings. The highest BCUT2D eigenvalue weighted by molar-refractivity contribution is 9.10. The molecule has 2 rings (SSSR count). The van der Waals surface area contributed by atoms with Crippen molar-refractivity contribution in [3.05, 3.63) is 28.2 Å². The van der Waals surface area contributed by atoms with Crippen LogP contribution in [0.2, 0.25) is 0 Å². The number of halogens is 2. The zero-order valence-electron chi connectivity index (χ0n) is 11.9. The summed E-state index contributed by atoms with van der Waals surface area (Å²) in [7, 11) is 0. The maximum Gasteiger partial charge on any atom is 0.123 e. The molecule has 106 valence electrons. The summed E-state index contributed by atoms with van der Waals surface area (Å²) in [6, 6.07) is 6.31. The summed E-state index contributed by atoms with van der Waals surface area (Å²) in [5, 5.41) is 0. The van der Waals surface area contributed by atoms with Crippen molar-refractivity contribution in [1.29, 1.82) is 0 Å². The highest BCUT2D eigenvalue weighted by atomic mass is 79.9. The second-order valence-electron chi connectivity index (χ2n) is 6.00. The largest absolute Gasteiger partial charge is 0.494 e. The smallest absolute Gasteiger partial charge is 0.123 e. The van der Waals surface area contributed by atoms with Crippen LogP contribution < -0.4 is 4.74 Å². The van der Waals surface area contributed by atoms with Crippen molar-refractivity contribution in [1.82, 2.24) is 0 Å². The maximum absolute atomic E-state index is 5.79. The number of alkyl halides is 1. The highest BCUT2D eigenvalue weighted by Gasteiger charge is 2.39. The lowest BCUT2D eigenvalue weighted by Gasteiger charge is -2.32. The predicted molar refractivity (Wildman–Crippen MR) is 88.1 cm³/mol. The molecule has 0 N–H and O–H groups in total. The zero-order valence-corrected chi connectivity index (χ0v) is 15.1. The predicted octanol–water partition coefficient (Wildman–Crippen LogP) is 6.11. The van der Waals surface area contributed by atoms with E-state index in [0.29, 0.717) is 22.8 Å². The molecule has 0 aromatic heterocycles. The van der Waals surface area contributed by atoms with Crippen LogP contribution in [0.5, 0.6) is 5.75 Å². The summed E-state index contributed by atoms with van der Waals surface area (Å²) in [5.41, 5.74) is 1.68. The van der Waals surface area contributed by atoms with Gasteiger partial charge in [-0.25, -0.2) is 0 Å². The average Bonchev–Trinajstić information content (AvgIpc) is 2.70. The topological polar surface area (TPSA) is 9.23 Å². The van der Waals surface area contributed by atoms with Crippen LogP contribution in [0.25, 0.3) is 0 Å². The number of ether oxygens (including phenoxy) is 1. The van der Waals surface area contributed by atoms with Crippen LogP contribution in [0.1, 0.15) is 50.4 Å². The first-order valence-electron chi connectivity index (χ1n) is 7.02. The van der Waals surface area contributed by atoms with Crippen molar-refractivity contribution < 1.29 is 4.74 Å². The minimum atomic E-state index is 0.365. The van der Waals surface area contributed by atoms with Crippen molar-refractivity contribution in [3.63, 3.8) is 0 Å². The Kier molecular flexibility index (Phi) is 4.99. The van der Waals surface area contributed by atoms with E-state index >= 15 is 0 Å². The molecule has 0 spiro atoms. The molecule has 2 unspecified atom stereocenters. The van der Waals surface area contributed by atoms with Gasteiger partial charge < -0.3 is 4.74 Å². The van der Waals surface area contributed by atoms with E-state index in [-0.39, 0.29) is 0 Å². The van der Waals surface area contributed by atoms with E-state index in [2.05, 4.69) is 57.8 Å². The molecular formula is C16H22Br2O. The Morgan fingerprint density at radius 3 is 2.74 bits per heavy atom. The van der Waals surface area contributed by atoms with Gasteiger partial charge >= 0.3 is 0 Å². The third kappa shape index (κ3) is 3.36. The number of hydrogen-bond acceptors (Lipinski definition) is 1. The van der Waals surface area contributed by atoms with Crippen molar-refractivity contribution in [2.24, 2.45) is 11.3 Å². The van der Waals surface area contributed by atoms with E-state index in [9.17, 15) is 0 Å². The first kappa shape index (κ1) is 15.4. The zero-order chi connectivity index (χ0) is 14.0. The molecular weight excluding hydrogens is 368 g/mol. The van der Waals surface area contributed by atoms with Crippen molar-refractivity contribution >= 4 is 31.9 Å². The van der Waals surface area contributed by atoms with Gasteiger partial charge in [0.2, 0.25) is 0 Å². The fourth-order valence-electron chi connectivity index (χ4n) is 3.13. The van der Waals surface area contributed by atoms with Crippen molar-refractivity contribution in [3.8, 4) is 5.75 Å². The van der Waals surface area contributed by atoms with Crippen molar-refractivity contribution in [2.75, 3.05) is 6.61 Å². The Labute approximate surface area is 133 Å². The van der Waals surface area contributed by atoms with Gasteiger partial charge in [-0.15, -0.1) is 0 Å². The molecule has 0 amide bonds. The van der Waals surface area contributed by atoms with E-state index in [0.717, 1.165) is 10.2 Å². The maximum atomic E-state index is 5.79. The molecule has 1 fully saturated rings. The van der Waals surface area contributed by atoms with Gasteiger partial charge in [0, 0.05) is 14.9 Å². The van der Waals surface area contributed by atoms with Gasteiger partial charge in [0.15, 0.2) is 0 Å². The number of hydrogen-bond donors (Lipinski definition) is 0. The van der Waals surface area contributed by atoms with Crippen LogP contribution in [-0.4, -0.2) is 6.61 Å². The number of benzene rings is 1. The Bertz CT molecular complexity index is 442. The third-order valence-electron chi connectivity index (χ3n) is 4.26. The van der Waals surface area contributed by atoms with E-state index in [1.165, 1.54) is 24.8 Å². The molecule has 3 heteroatoms. The molecule has 0 bridgehead atoms. The van der Waals surface area contributed by atoms with Gasteiger partial charge in [0.25, 0.3) is 0 Å². The Morgan fingerprint density at radius 2 is 2.16 bits per heavy atom. The first-order chi connectivity index (χ1) is 8.95. The number of rotatable bonds is 4. The normalized spacial score (nSPS) is 23.3. The minimum absolute atomic E-state index is 0.365. The molecule has 0 saturated heterocycles. The molecule has 1 saturated carbocycles. The van der Waals surface area contributed by atoms with Crippen LogP contribution in [-0.2, 0) is 0 Å². The van der Waals surface area contributed by atoms with Gasteiger partial charge in [-0.2, -0.15) is 0 Å². The highest BCUT2D eigenvalue weighted by Crippen LogP contribution is 2.53. The average molecular weight is 390 g/mol. The molecule has 1 nitrogen and oxygen atoms in total. The van der Waals surface area contributed by atoms with E-state index in [1.54, 1.807) is 0 Å². The Hall–Kier alpha value is -0.0200. The van der Waals surface area contributed by atoms with E-state index in [1.807, 2.05) is 13.0 Å². The lowest BCUT2D eigenvalue weighted by atomic mass is 9.78. The summed E-state index contributed by atoms with van der Waals surface area (Å²) < 4.78 is 6.91. The molecule has 1 aromatic carbocycles. The van der Waals surface area contributed by atoms with Gasteiger partial charge in [-0.3, -0.25) is 0 Å². The summed E-state index contributed by atoms with van der Waals surface area (Å²) >= 11 is 7.52.